The summed E-state index contributed by atoms with van der Waals surface area (Å²) in [6, 6.07) is 23.1. The Morgan fingerprint density at radius 3 is 2.33 bits per heavy atom. The third kappa shape index (κ3) is 3.32. The number of para-hydroxylation sites is 1. The van der Waals surface area contributed by atoms with Gasteiger partial charge in [-0.05, 0) is 29.3 Å². The SMILES string of the molecule is O=C(Nc1ccccc1Cl)[C@H](c1ccccc1)N1Cc2ccccc2C1=O. The number of fused-ring (bicyclic) bond motifs is 1. The van der Waals surface area contributed by atoms with Crippen LogP contribution in [0.3, 0.4) is 0 Å². The summed E-state index contributed by atoms with van der Waals surface area (Å²) in [4.78, 5) is 27.7. The van der Waals surface area contributed by atoms with Crippen molar-refractivity contribution in [2.75, 3.05) is 5.32 Å². The van der Waals surface area contributed by atoms with Gasteiger partial charge in [0.05, 0.1) is 10.7 Å². The summed E-state index contributed by atoms with van der Waals surface area (Å²) in [7, 11) is 0. The number of nitrogens with one attached hydrogen (secondary N) is 1. The van der Waals surface area contributed by atoms with Gasteiger partial charge in [-0.1, -0.05) is 72.3 Å². The molecular weight excluding hydrogens is 360 g/mol. The second kappa shape index (κ2) is 7.25. The van der Waals surface area contributed by atoms with E-state index in [-0.39, 0.29) is 11.8 Å². The van der Waals surface area contributed by atoms with Gasteiger partial charge < -0.3 is 10.2 Å². The molecule has 0 aliphatic carbocycles. The largest absolute Gasteiger partial charge is 0.323 e. The molecule has 4 rings (SSSR count). The van der Waals surface area contributed by atoms with Crippen LogP contribution in [0.2, 0.25) is 5.02 Å². The molecule has 0 radical (unpaired) electrons. The molecule has 1 heterocycles. The predicted molar refractivity (Wildman–Crippen MR) is 106 cm³/mol. The van der Waals surface area contributed by atoms with E-state index in [1.54, 1.807) is 35.2 Å². The Morgan fingerprint density at radius 2 is 1.59 bits per heavy atom. The molecule has 0 unspecified atom stereocenters. The van der Waals surface area contributed by atoms with Crippen molar-refractivity contribution in [3.8, 4) is 0 Å². The van der Waals surface area contributed by atoms with E-state index in [1.807, 2.05) is 48.5 Å². The first-order valence-corrected chi connectivity index (χ1v) is 9.02. The number of hydrogen-bond acceptors (Lipinski definition) is 2. The fourth-order valence-electron chi connectivity index (χ4n) is 3.36. The summed E-state index contributed by atoms with van der Waals surface area (Å²) in [5.74, 6) is -0.441. The monoisotopic (exact) mass is 376 g/mol. The van der Waals surface area contributed by atoms with Crippen molar-refractivity contribution in [3.05, 3.63) is 101 Å². The first kappa shape index (κ1) is 17.3. The quantitative estimate of drug-likeness (QED) is 0.719. The van der Waals surface area contributed by atoms with Gasteiger partial charge in [0.15, 0.2) is 0 Å². The Balaban J connectivity index is 1.70. The van der Waals surface area contributed by atoms with Gasteiger partial charge in [-0.3, -0.25) is 9.59 Å². The lowest BCUT2D eigenvalue weighted by Crippen LogP contribution is -2.37. The number of nitrogens with zero attached hydrogens (tertiary/aromatic N) is 1. The molecule has 5 heteroatoms. The van der Waals surface area contributed by atoms with Gasteiger partial charge in [-0.2, -0.15) is 0 Å². The molecule has 4 nitrogen and oxygen atoms in total. The molecule has 0 saturated heterocycles. The lowest BCUT2D eigenvalue weighted by atomic mass is 10.0. The van der Waals surface area contributed by atoms with Crippen molar-refractivity contribution in [1.29, 1.82) is 0 Å². The van der Waals surface area contributed by atoms with E-state index >= 15 is 0 Å². The standard InChI is InChI=1S/C22H17ClN2O2/c23-18-12-6-7-13-19(18)24-21(26)20(15-8-2-1-3-9-15)25-14-16-10-4-5-11-17(16)22(25)27/h1-13,20H,14H2,(H,24,26)/t20-/m0/s1. The van der Waals surface area contributed by atoms with Crippen molar-refractivity contribution in [3.63, 3.8) is 0 Å². The van der Waals surface area contributed by atoms with E-state index in [0.29, 0.717) is 22.8 Å². The summed E-state index contributed by atoms with van der Waals surface area (Å²) in [6.07, 6.45) is 0. The van der Waals surface area contributed by atoms with Crippen molar-refractivity contribution in [2.45, 2.75) is 12.6 Å². The molecule has 3 aromatic carbocycles. The number of hydrogen-bond donors (Lipinski definition) is 1. The maximum Gasteiger partial charge on any atom is 0.255 e. The zero-order valence-electron chi connectivity index (χ0n) is 14.4. The smallest absolute Gasteiger partial charge is 0.255 e. The molecule has 0 spiro atoms. The molecule has 1 N–H and O–H groups in total. The van der Waals surface area contributed by atoms with Crippen molar-refractivity contribution < 1.29 is 9.59 Å². The van der Waals surface area contributed by atoms with Crippen molar-refractivity contribution in [1.82, 2.24) is 4.90 Å². The van der Waals surface area contributed by atoms with E-state index in [1.165, 1.54) is 0 Å². The van der Waals surface area contributed by atoms with Crippen LogP contribution in [0.1, 0.15) is 27.5 Å². The van der Waals surface area contributed by atoms with Crippen LogP contribution in [0.15, 0.2) is 78.9 Å². The summed E-state index contributed by atoms with van der Waals surface area (Å²) in [5, 5.41) is 3.32. The normalized spacial score (nSPS) is 14.0. The van der Waals surface area contributed by atoms with Crippen LogP contribution in [-0.4, -0.2) is 16.7 Å². The van der Waals surface area contributed by atoms with Crippen LogP contribution in [-0.2, 0) is 11.3 Å². The predicted octanol–water partition coefficient (Wildman–Crippen LogP) is 4.68. The van der Waals surface area contributed by atoms with Gasteiger partial charge in [0, 0.05) is 12.1 Å². The summed E-state index contributed by atoms with van der Waals surface area (Å²) >= 11 is 6.19. The number of carbonyl (C=O) groups is 2. The fourth-order valence-corrected chi connectivity index (χ4v) is 3.54. The van der Waals surface area contributed by atoms with Crippen molar-refractivity contribution >= 4 is 29.1 Å². The average Bonchev–Trinajstić information content (AvgIpc) is 3.01. The highest BCUT2D eigenvalue weighted by Crippen LogP contribution is 2.33. The van der Waals surface area contributed by atoms with Gasteiger partial charge in [0.1, 0.15) is 6.04 Å². The van der Waals surface area contributed by atoms with E-state index in [0.717, 1.165) is 11.1 Å². The maximum absolute atomic E-state index is 13.2. The summed E-state index contributed by atoms with van der Waals surface area (Å²) in [5.41, 5.74) is 2.84. The van der Waals surface area contributed by atoms with Crippen LogP contribution >= 0.6 is 11.6 Å². The fraction of sp³-hybridized carbons (Fsp3) is 0.0909. The van der Waals surface area contributed by atoms with Gasteiger partial charge in [0.25, 0.3) is 11.8 Å². The molecule has 27 heavy (non-hydrogen) atoms. The third-order valence-electron chi connectivity index (χ3n) is 4.66. The van der Waals surface area contributed by atoms with Crippen LogP contribution < -0.4 is 5.32 Å². The lowest BCUT2D eigenvalue weighted by molar-refractivity contribution is -0.120. The minimum absolute atomic E-state index is 0.145. The minimum atomic E-state index is -0.748. The first-order chi connectivity index (χ1) is 13.1. The Labute approximate surface area is 162 Å². The van der Waals surface area contributed by atoms with Crippen LogP contribution in [0.5, 0.6) is 0 Å². The minimum Gasteiger partial charge on any atom is -0.323 e. The van der Waals surface area contributed by atoms with E-state index < -0.39 is 6.04 Å². The highest BCUT2D eigenvalue weighted by molar-refractivity contribution is 6.33. The van der Waals surface area contributed by atoms with E-state index in [2.05, 4.69) is 5.32 Å². The van der Waals surface area contributed by atoms with E-state index in [9.17, 15) is 9.59 Å². The maximum atomic E-state index is 13.2. The number of carbonyl (C=O) groups excluding carboxylic acids is 2. The first-order valence-electron chi connectivity index (χ1n) is 8.64. The van der Waals surface area contributed by atoms with Gasteiger partial charge >= 0.3 is 0 Å². The second-order valence-corrected chi connectivity index (χ2v) is 6.78. The zero-order valence-corrected chi connectivity index (χ0v) is 15.2. The summed E-state index contributed by atoms with van der Waals surface area (Å²) in [6.45, 7) is 0.393. The van der Waals surface area contributed by atoms with Crippen LogP contribution in [0.25, 0.3) is 0 Å². The Bertz CT molecular complexity index is 1000. The van der Waals surface area contributed by atoms with Crippen LogP contribution in [0.4, 0.5) is 5.69 Å². The molecule has 2 amide bonds. The Hall–Kier alpha value is -3.11. The molecule has 0 saturated carbocycles. The molecule has 0 bridgehead atoms. The van der Waals surface area contributed by atoms with Gasteiger partial charge in [-0.15, -0.1) is 0 Å². The van der Waals surface area contributed by atoms with Gasteiger partial charge in [0.2, 0.25) is 0 Å². The number of amides is 2. The molecule has 134 valence electrons. The third-order valence-corrected chi connectivity index (χ3v) is 4.99. The molecule has 0 aromatic heterocycles. The molecule has 0 fully saturated rings. The molecule has 1 atom stereocenters. The molecular formula is C22H17ClN2O2. The molecule has 1 aliphatic heterocycles. The van der Waals surface area contributed by atoms with E-state index in [4.69, 9.17) is 11.6 Å². The number of anilines is 1. The second-order valence-electron chi connectivity index (χ2n) is 6.37. The number of rotatable bonds is 4. The highest BCUT2D eigenvalue weighted by atomic mass is 35.5. The molecule has 3 aromatic rings. The number of halogens is 1. The molecule has 1 aliphatic rings. The van der Waals surface area contributed by atoms with Crippen molar-refractivity contribution in [2.24, 2.45) is 0 Å². The topological polar surface area (TPSA) is 49.4 Å². The van der Waals surface area contributed by atoms with Gasteiger partial charge in [-0.25, -0.2) is 0 Å². The lowest BCUT2D eigenvalue weighted by Gasteiger charge is -2.27. The Kier molecular flexibility index (Phi) is 4.65. The zero-order chi connectivity index (χ0) is 18.8. The summed E-state index contributed by atoms with van der Waals surface area (Å²) < 4.78 is 0. The van der Waals surface area contributed by atoms with Crippen LogP contribution in [0, 0.1) is 0 Å². The Morgan fingerprint density at radius 1 is 0.926 bits per heavy atom. The highest BCUT2D eigenvalue weighted by Gasteiger charge is 2.37. The number of benzene rings is 3. The average molecular weight is 377 g/mol.